The molecule has 1 unspecified atom stereocenters. The van der Waals surface area contributed by atoms with Gasteiger partial charge in [0.25, 0.3) is 0 Å². The molecule has 1 aliphatic rings. The van der Waals surface area contributed by atoms with Crippen LogP contribution >= 0.6 is 0 Å². The van der Waals surface area contributed by atoms with Crippen LogP contribution in [0.2, 0.25) is 0 Å². The van der Waals surface area contributed by atoms with E-state index in [2.05, 4.69) is 86.6 Å². The third-order valence-electron chi connectivity index (χ3n) is 6.28. The van der Waals surface area contributed by atoms with E-state index in [1.54, 1.807) is 4.31 Å². The molecule has 0 spiro atoms. The lowest BCUT2D eigenvalue weighted by Crippen LogP contribution is -2.19. The third-order valence-corrected chi connectivity index (χ3v) is 8.29. The van der Waals surface area contributed by atoms with E-state index in [1.807, 2.05) is 0 Å². The Morgan fingerprint density at radius 2 is 1.27 bits per heavy atom. The number of nitrogens with zero attached hydrogens (tertiary/aromatic N) is 1. The summed E-state index contributed by atoms with van der Waals surface area (Å²) in [5.74, 6) is 0.656. The molecule has 0 saturated carbocycles. The number of benzene rings is 2. The lowest BCUT2D eigenvalue weighted by Gasteiger charge is -2.23. The minimum absolute atomic E-state index is 0.0552. The van der Waals surface area contributed by atoms with E-state index in [4.69, 9.17) is 0 Å². The van der Waals surface area contributed by atoms with Crippen molar-refractivity contribution in [3.05, 3.63) is 63.2 Å². The maximum atomic E-state index is 13.9. The van der Waals surface area contributed by atoms with Gasteiger partial charge >= 0.3 is 0 Å². The van der Waals surface area contributed by atoms with E-state index in [0.29, 0.717) is 17.4 Å². The van der Waals surface area contributed by atoms with Crippen LogP contribution in [0.5, 0.6) is 0 Å². The smallest absolute Gasteiger partial charge is 0.207 e. The van der Waals surface area contributed by atoms with Gasteiger partial charge in [-0.2, -0.15) is 4.31 Å². The molecule has 164 valence electrons. The van der Waals surface area contributed by atoms with Crippen molar-refractivity contribution < 1.29 is 8.42 Å². The lowest BCUT2D eigenvalue weighted by molar-refractivity contribution is 0.548. The highest BCUT2D eigenvalue weighted by molar-refractivity contribution is 7.89. The Kier molecular flexibility index (Phi) is 6.23. The monoisotopic (exact) mass is 427 g/mol. The van der Waals surface area contributed by atoms with E-state index in [1.165, 1.54) is 27.8 Å². The largest absolute Gasteiger partial charge is 0.244 e. The Labute approximate surface area is 183 Å². The predicted molar refractivity (Wildman–Crippen MR) is 126 cm³/mol. The van der Waals surface area contributed by atoms with E-state index in [9.17, 15) is 8.42 Å². The molecule has 3 rings (SSSR count). The number of aryl methyl sites for hydroxylation is 3. The molecular weight excluding hydrogens is 390 g/mol. The zero-order valence-corrected chi connectivity index (χ0v) is 20.8. The summed E-state index contributed by atoms with van der Waals surface area (Å²) in [7, 11) is -3.57. The van der Waals surface area contributed by atoms with E-state index < -0.39 is 10.0 Å². The summed E-state index contributed by atoms with van der Waals surface area (Å²) in [5, 5.41) is 0. The Hall–Kier alpha value is -1.65. The molecule has 0 aliphatic carbocycles. The van der Waals surface area contributed by atoms with Crippen LogP contribution in [0.4, 0.5) is 0 Å². The maximum Gasteiger partial charge on any atom is 0.244 e. The molecule has 1 heterocycles. The molecule has 3 nitrogen and oxygen atoms in total. The van der Waals surface area contributed by atoms with Gasteiger partial charge in [0.1, 0.15) is 0 Å². The van der Waals surface area contributed by atoms with Crippen molar-refractivity contribution in [2.24, 2.45) is 0 Å². The second kappa shape index (κ2) is 8.12. The summed E-state index contributed by atoms with van der Waals surface area (Å²) >= 11 is 0. The zero-order chi connectivity index (χ0) is 22.5. The molecule has 4 heteroatoms. The molecule has 30 heavy (non-hydrogen) atoms. The highest BCUT2D eigenvalue weighted by Crippen LogP contribution is 2.46. The second-order valence-electron chi connectivity index (χ2n) is 9.90. The first-order valence-corrected chi connectivity index (χ1v) is 12.6. The van der Waals surface area contributed by atoms with Gasteiger partial charge in [-0.3, -0.25) is 0 Å². The van der Waals surface area contributed by atoms with Crippen molar-refractivity contribution in [3.8, 4) is 0 Å². The second-order valence-corrected chi connectivity index (χ2v) is 11.7. The zero-order valence-electron chi connectivity index (χ0n) is 20.0. The van der Waals surface area contributed by atoms with Gasteiger partial charge in [-0.1, -0.05) is 71.4 Å². The summed E-state index contributed by atoms with van der Waals surface area (Å²) < 4.78 is 29.5. The van der Waals surface area contributed by atoms with Crippen molar-refractivity contribution in [1.29, 1.82) is 0 Å². The number of rotatable bonds is 6. The minimum atomic E-state index is -3.57. The Morgan fingerprint density at radius 3 is 1.67 bits per heavy atom. The van der Waals surface area contributed by atoms with Crippen LogP contribution in [0.1, 0.15) is 104 Å². The van der Waals surface area contributed by atoms with Crippen molar-refractivity contribution >= 4 is 10.0 Å². The van der Waals surface area contributed by atoms with E-state index in [-0.39, 0.29) is 17.9 Å². The molecule has 0 N–H and O–H groups in total. The molecule has 2 aromatic carbocycles. The quantitative estimate of drug-likeness (QED) is 0.479. The molecule has 0 bridgehead atoms. The van der Waals surface area contributed by atoms with Crippen molar-refractivity contribution in [3.63, 3.8) is 0 Å². The van der Waals surface area contributed by atoms with E-state index in [0.717, 1.165) is 11.1 Å². The minimum Gasteiger partial charge on any atom is -0.207 e. The first-order chi connectivity index (χ1) is 13.9. The van der Waals surface area contributed by atoms with Crippen molar-refractivity contribution in [2.45, 2.75) is 91.0 Å². The van der Waals surface area contributed by atoms with Crippen LogP contribution < -0.4 is 0 Å². The van der Waals surface area contributed by atoms with Crippen LogP contribution in [-0.4, -0.2) is 19.3 Å². The van der Waals surface area contributed by atoms with Crippen LogP contribution in [0.15, 0.2) is 29.2 Å². The molecule has 0 amide bonds. The Bertz CT molecular complexity index is 1010. The highest BCUT2D eigenvalue weighted by atomic mass is 32.2. The molecule has 1 aliphatic heterocycles. The van der Waals surface area contributed by atoms with Gasteiger partial charge in [0.05, 0.1) is 10.9 Å². The Morgan fingerprint density at radius 1 is 0.800 bits per heavy atom. The summed E-state index contributed by atoms with van der Waals surface area (Å²) in [4.78, 5) is 0.543. The average Bonchev–Trinajstić information content (AvgIpc) is 3.40. The topological polar surface area (TPSA) is 37.1 Å². The SMILES string of the molecule is Cc1cc(C)c([C@@H]2CN2S(=O)(=O)c2c(C(C)C)cc(C(C)C)cc2C(C)C)c(C)c1. The molecule has 1 saturated heterocycles. The van der Waals surface area contributed by atoms with Crippen molar-refractivity contribution in [1.82, 2.24) is 4.31 Å². The maximum absolute atomic E-state index is 13.9. The number of hydrogen-bond acceptors (Lipinski definition) is 2. The molecule has 2 aromatic rings. The number of hydrogen-bond donors (Lipinski definition) is 0. The van der Waals surface area contributed by atoms with E-state index >= 15 is 0 Å². The van der Waals surface area contributed by atoms with Crippen LogP contribution in [-0.2, 0) is 10.0 Å². The fourth-order valence-corrected chi connectivity index (χ4v) is 6.84. The lowest BCUT2D eigenvalue weighted by atomic mass is 9.89. The predicted octanol–water partition coefficient (Wildman–Crippen LogP) is 6.73. The average molecular weight is 428 g/mol. The highest BCUT2D eigenvalue weighted by Gasteiger charge is 2.48. The Balaban J connectivity index is 2.14. The van der Waals surface area contributed by atoms with Crippen LogP contribution in [0, 0.1) is 20.8 Å². The first kappa shape index (κ1) is 23.0. The van der Waals surface area contributed by atoms with Gasteiger partial charge in [-0.25, -0.2) is 8.42 Å². The van der Waals surface area contributed by atoms with Crippen LogP contribution in [0.25, 0.3) is 0 Å². The van der Waals surface area contributed by atoms with Crippen molar-refractivity contribution in [2.75, 3.05) is 6.54 Å². The van der Waals surface area contributed by atoms with Gasteiger partial charge in [-0.15, -0.1) is 0 Å². The van der Waals surface area contributed by atoms with Crippen LogP contribution in [0.3, 0.4) is 0 Å². The standard InChI is InChI=1S/C26H37NO2S/c1-15(2)21-12-22(16(3)4)26(23(13-21)17(5)6)30(28,29)27-14-24(27)25-19(8)10-18(7)11-20(25)9/h10-13,15-17,24H,14H2,1-9H3/t24-,27?/m0/s1. The molecule has 0 aromatic heterocycles. The van der Waals surface area contributed by atoms with Gasteiger partial charge in [0.2, 0.25) is 10.0 Å². The van der Waals surface area contributed by atoms with Gasteiger partial charge in [0.15, 0.2) is 0 Å². The fraction of sp³-hybridized carbons (Fsp3) is 0.538. The molecule has 2 atom stereocenters. The summed E-state index contributed by atoms with van der Waals surface area (Å²) in [6, 6.07) is 8.49. The van der Waals surface area contributed by atoms with Gasteiger partial charge in [-0.05, 0) is 71.9 Å². The molecule has 0 radical (unpaired) electrons. The normalized spacial score (nSPS) is 19.2. The summed E-state index contributed by atoms with van der Waals surface area (Å²) in [6.07, 6.45) is 0. The molecule has 1 fully saturated rings. The summed E-state index contributed by atoms with van der Waals surface area (Å²) in [6.45, 7) is 19.5. The number of sulfonamides is 1. The molecular formula is C26H37NO2S. The van der Waals surface area contributed by atoms with Gasteiger partial charge < -0.3 is 0 Å². The fourth-order valence-electron chi connectivity index (χ4n) is 4.65. The van der Waals surface area contributed by atoms with Gasteiger partial charge in [0, 0.05) is 6.54 Å². The summed E-state index contributed by atoms with van der Waals surface area (Å²) in [5.41, 5.74) is 7.87. The first-order valence-electron chi connectivity index (χ1n) is 11.1. The third kappa shape index (κ3) is 4.09.